The summed E-state index contributed by atoms with van der Waals surface area (Å²) in [5.74, 6) is 0.166. The van der Waals surface area contributed by atoms with Gasteiger partial charge in [-0.2, -0.15) is 0 Å². The molecule has 0 atom stereocenters. The highest BCUT2D eigenvalue weighted by Crippen LogP contribution is 2.13. The van der Waals surface area contributed by atoms with Gasteiger partial charge in [-0.05, 0) is 37.0 Å². The molecule has 0 aliphatic carbocycles. The summed E-state index contributed by atoms with van der Waals surface area (Å²) in [4.78, 5) is 27.9. The van der Waals surface area contributed by atoms with Crippen LogP contribution >= 0.6 is 11.6 Å². The molecule has 1 aliphatic heterocycles. The number of aryl methyl sites for hydroxylation is 1. The third-order valence-electron chi connectivity index (χ3n) is 4.24. The molecule has 132 valence electrons. The first-order valence-corrected chi connectivity index (χ1v) is 8.77. The molecule has 24 heavy (non-hydrogen) atoms. The summed E-state index contributed by atoms with van der Waals surface area (Å²) in [6.45, 7) is 2.71. The number of halogens is 1. The van der Waals surface area contributed by atoms with Gasteiger partial charge in [-0.15, -0.1) is 0 Å². The lowest BCUT2D eigenvalue weighted by molar-refractivity contribution is -0.136. The number of hydrogen-bond donors (Lipinski definition) is 0. The molecule has 0 aromatic heterocycles. The van der Waals surface area contributed by atoms with Crippen LogP contribution in [0.3, 0.4) is 0 Å². The van der Waals surface area contributed by atoms with E-state index in [2.05, 4.69) is 0 Å². The Kier molecular flexibility index (Phi) is 7.53. The molecular weight excluding hydrogens is 328 g/mol. The number of nitrogens with zero attached hydrogens (tertiary/aromatic N) is 2. The minimum absolute atomic E-state index is 0.00506. The SMILES string of the molecule is COCC(=O)N1CCCN(C(=O)CCCc2ccc(Cl)cc2)CC1. The first-order chi connectivity index (χ1) is 11.6. The highest BCUT2D eigenvalue weighted by Gasteiger charge is 2.21. The summed E-state index contributed by atoms with van der Waals surface area (Å²) < 4.78 is 4.89. The third kappa shape index (κ3) is 5.80. The molecule has 1 aromatic rings. The number of amides is 2. The molecule has 1 saturated heterocycles. The Bertz CT molecular complexity index is 548. The normalized spacial score (nSPS) is 15.2. The second kappa shape index (κ2) is 9.64. The Labute approximate surface area is 148 Å². The van der Waals surface area contributed by atoms with Crippen LogP contribution in [0.25, 0.3) is 0 Å². The Morgan fingerprint density at radius 2 is 1.67 bits per heavy atom. The summed E-state index contributed by atoms with van der Waals surface area (Å²) in [7, 11) is 1.52. The zero-order valence-corrected chi connectivity index (χ0v) is 14.9. The summed E-state index contributed by atoms with van der Waals surface area (Å²) in [6, 6.07) is 7.74. The Morgan fingerprint density at radius 3 is 2.29 bits per heavy atom. The number of ether oxygens (including phenoxy) is 1. The molecule has 6 heteroatoms. The number of methoxy groups -OCH3 is 1. The molecule has 2 amide bonds. The molecule has 1 fully saturated rings. The van der Waals surface area contributed by atoms with Gasteiger partial charge in [0.1, 0.15) is 6.61 Å². The van der Waals surface area contributed by atoms with Crippen LogP contribution in [-0.2, 0) is 20.7 Å². The second-order valence-electron chi connectivity index (χ2n) is 6.03. The number of carbonyl (C=O) groups is 2. The van der Waals surface area contributed by atoms with Gasteiger partial charge in [0.25, 0.3) is 0 Å². The van der Waals surface area contributed by atoms with Crippen molar-refractivity contribution < 1.29 is 14.3 Å². The van der Waals surface area contributed by atoms with E-state index in [1.54, 1.807) is 4.90 Å². The Hall–Kier alpha value is -1.59. The van der Waals surface area contributed by atoms with Crippen LogP contribution in [0.15, 0.2) is 24.3 Å². The first kappa shape index (κ1) is 18.7. The van der Waals surface area contributed by atoms with Crippen molar-refractivity contribution >= 4 is 23.4 Å². The molecule has 0 radical (unpaired) electrons. The largest absolute Gasteiger partial charge is 0.375 e. The van der Waals surface area contributed by atoms with Gasteiger partial charge in [-0.3, -0.25) is 9.59 Å². The summed E-state index contributed by atoms with van der Waals surface area (Å²) in [5.41, 5.74) is 1.19. The average Bonchev–Trinajstić information content (AvgIpc) is 2.83. The van der Waals surface area contributed by atoms with Crippen molar-refractivity contribution in [3.05, 3.63) is 34.9 Å². The zero-order chi connectivity index (χ0) is 17.4. The summed E-state index contributed by atoms with van der Waals surface area (Å²) >= 11 is 5.87. The maximum Gasteiger partial charge on any atom is 0.248 e. The molecule has 2 rings (SSSR count). The predicted octanol–water partition coefficient (Wildman–Crippen LogP) is 2.37. The standard InChI is InChI=1S/C18H25ClN2O3/c1-24-14-18(23)21-11-3-10-20(12-13-21)17(22)5-2-4-15-6-8-16(19)9-7-15/h6-9H,2-5,10-14H2,1H3. The minimum atomic E-state index is -0.00506. The monoisotopic (exact) mass is 352 g/mol. The van der Waals surface area contributed by atoms with E-state index in [-0.39, 0.29) is 18.4 Å². The third-order valence-corrected chi connectivity index (χ3v) is 4.49. The van der Waals surface area contributed by atoms with Gasteiger partial charge in [-0.25, -0.2) is 0 Å². The molecule has 0 N–H and O–H groups in total. The maximum absolute atomic E-state index is 12.4. The average molecular weight is 353 g/mol. The molecule has 0 saturated carbocycles. The van der Waals surface area contributed by atoms with Gasteiger partial charge in [0.15, 0.2) is 0 Å². The summed E-state index contributed by atoms with van der Waals surface area (Å²) in [5, 5.41) is 0.729. The smallest absolute Gasteiger partial charge is 0.248 e. The number of carbonyl (C=O) groups excluding carboxylic acids is 2. The van der Waals surface area contributed by atoms with E-state index in [4.69, 9.17) is 16.3 Å². The van der Waals surface area contributed by atoms with Crippen LogP contribution in [0.1, 0.15) is 24.8 Å². The van der Waals surface area contributed by atoms with Crippen molar-refractivity contribution in [1.29, 1.82) is 0 Å². The van der Waals surface area contributed by atoms with E-state index in [1.807, 2.05) is 29.2 Å². The molecule has 1 heterocycles. The molecular formula is C18H25ClN2O3. The van der Waals surface area contributed by atoms with E-state index in [1.165, 1.54) is 12.7 Å². The van der Waals surface area contributed by atoms with Crippen LogP contribution in [0, 0.1) is 0 Å². The van der Waals surface area contributed by atoms with E-state index in [0.717, 1.165) is 30.8 Å². The van der Waals surface area contributed by atoms with Crippen LogP contribution in [0.5, 0.6) is 0 Å². The van der Waals surface area contributed by atoms with Crippen molar-refractivity contribution in [2.75, 3.05) is 39.9 Å². The highest BCUT2D eigenvalue weighted by molar-refractivity contribution is 6.30. The molecule has 0 spiro atoms. The van der Waals surface area contributed by atoms with Crippen molar-refractivity contribution in [3.63, 3.8) is 0 Å². The fourth-order valence-electron chi connectivity index (χ4n) is 2.88. The van der Waals surface area contributed by atoms with Gasteiger partial charge in [0.05, 0.1) is 0 Å². The number of hydrogen-bond acceptors (Lipinski definition) is 3. The molecule has 5 nitrogen and oxygen atoms in total. The van der Waals surface area contributed by atoms with Crippen molar-refractivity contribution in [1.82, 2.24) is 9.80 Å². The lowest BCUT2D eigenvalue weighted by atomic mass is 10.1. The second-order valence-corrected chi connectivity index (χ2v) is 6.46. The quantitative estimate of drug-likeness (QED) is 0.789. The predicted molar refractivity (Wildman–Crippen MR) is 94.0 cm³/mol. The summed E-state index contributed by atoms with van der Waals surface area (Å²) in [6.07, 6.45) is 3.05. The zero-order valence-electron chi connectivity index (χ0n) is 14.2. The fourth-order valence-corrected chi connectivity index (χ4v) is 3.01. The van der Waals surface area contributed by atoms with Crippen LogP contribution < -0.4 is 0 Å². The van der Waals surface area contributed by atoms with Gasteiger partial charge in [0.2, 0.25) is 11.8 Å². The van der Waals surface area contributed by atoms with Crippen LogP contribution in [0.2, 0.25) is 5.02 Å². The first-order valence-electron chi connectivity index (χ1n) is 8.39. The fraction of sp³-hybridized carbons (Fsp3) is 0.556. The maximum atomic E-state index is 12.4. The lowest BCUT2D eigenvalue weighted by Crippen LogP contribution is -2.38. The van der Waals surface area contributed by atoms with Gasteiger partial charge < -0.3 is 14.5 Å². The minimum Gasteiger partial charge on any atom is -0.375 e. The Morgan fingerprint density at radius 1 is 1.04 bits per heavy atom. The molecule has 0 bridgehead atoms. The Balaban J connectivity index is 1.74. The molecule has 1 aliphatic rings. The van der Waals surface area contributed by atoms with Crippen LogP contribution in [-0.4, -0.2) is 61.5 Å². The molecule has 0 unspecified atom stereocenters. The topological polar surface area (TPSA) is 49.9 Å². The van der Waals surface area contributed by atoms with Crippen molar-refractivity contribution in [2.45, 2.75) is 25.7 Å². The lowest BCUT2D eigenvalue weighted by Gasteiger charge is -2.22. The van der Waals surface area contributed by atoms with E-state index in [0.29, 0.717) is 26.1 Å². The highest BCUT2D eigenvalue weighted by atomic mass is 35.5. The van der Waals surface area contributed by atoms with Gasteiger partial charge in [0, 0.05) is 44.7 Å². The van der Waals surface area contributed by atoms with Crippen LogP contribution in [0.4, 0.5) is 0 Å². The van der Waals surface area contributed by atoms with Crippen molar-refractivity contribution in [2.24, 2.45) is 0 Å². The van der Waals surface area contributed by atoms with E-state index >= 15 is 0 Å². The van der Waals surface area contributed by atoms with E-state index in [9.17, 15) is 9.59 Å². The van der Waals surface area contributed by atoms with Crippen molar-refractivity contribution in [3.8, 4) is 0 Å². The number of rotatable bonds is 6. The van der Waals surface area contributed by atoms with Gasteiger partial charge >= 0.3 is 0 Å². The van der Waals surface area contributed by atoms with Gasteiger partial charge in [-0.1, -0.05) is 23.7 Å². The number of benzene rings is 1. The van der Waals surface area contributed by atoms with E-state index < -0.39 is 0 Å². The molecule has 1 aromatic carbocycles.